The van der Waals surface area contributed by atoms with Gasteiger partial charge in [-0.3, -0.25) is 10.1 Å². The maximum absolute atomic E-state index is 11.8. The molecule has 0 radical (unpaired) electrons. The number of ether oxygens (including phenoxy) is 1. The van der Waals surface area contributed by atoms with E-state index in [0.29, 0.717) is 17.4 Å². The summed E-state index contributed by atoms with van der Waals surface area (Å²) in [7, 11) is 0. The van der Waals surface area contributed by atoms with Crippen LogP contribution in [0.1, 0.15) is 37.0 Å². The molecule has 0 bridgehead atoms. The van der Waals surface area contributed by atoms with Crippen LogP contribution in [0.15, 0.2) is 48.1 Å². The van der Waals surface area contributed by atoms with Crippen LogP contribution in [0.3, 0.4) is 0 Å². The second kappa shape index (κ2) is 7.72. The number of carbonyl (C=O) groups excluding carboxylic acids is 1. The normalized spacial score (nSPS) is 17.5. The molecule has 0 fully saturated rings. The number of allylic oxidation sites excluding steroid dienone is 3. The van der Waals surface area contributed by atoms with Crippen molar-refractivity contribution in [1.29, 1.82) is 0 Å². The maximum atomic E-state index is 11.8. The second-order valence-corrected chi connectivity index (χ2v) is 6.03. The number of rotatable bonds is 6. The molecular weight excluding hydrogens is 294 g/mol. The van der Waals surface area contributed by atoms with E-state index in [1.165, 1.54) is 29.8 Å². The highest BCUT2D eigenvalue weighted by molar-refractivity contribution is 5.89. The predicted octanol–water partition coefficient (Wildman–Crippen LogP) is 4.30. The lowest BCUT2D eigenvalue weighted by molar-refractivity contribution is -0.384. The molecule has 1 aromatic rings. The lowest BCUT2D eigenvalue weighted by Gasteiger charge is -2.13. The Labute approximate surface area is 135 Å². The summed E-state index contributed by atoms with van der Waals surface area (Å²) in [5.74, 6) is 0.902. The van der Waals surface area contributed by atoms with E-state index in [9.17, 15) is 14.9 Å². The van der Waals surface area contributed by atoms with Gasteiger partial charge in [0.25, 0.3) is 5.69 Å². The van der Waals surface area contributed by atoms with Gasteiger partial charge >= 0.3 is 5.97 Å². The van der Waals surface area contributed by atoms with Gasteiger partial charge in [0.05, 0.1) is 10.5 Å². The highest BCUT2D eigenvalue weighted by Crippen LogP contribution is 2.31. The van der Waals surface area contributed by atoms with Crippen LogP contribution in [-0.2, 0) is 4.74 Å². The number of hydrogen-bond acceptors (Lipinski definition) is 4. The summed E-state index contributed by atoms with van der Waals surface area (Å²) in [6.45, 7) is 4.66. The van der Waals surface area contributed by atoms with E-state index >= 15 is 0 Å². The Hall–Kier alpha value is -2.43. The highest BCUT2D eigenvalue weighted by Gasteiger charge is 2.18. The molecule has 1 unspecified atom stereocenters. The molecule has 0 saturated carbocycles. The summed E-state index contributed by atoms with van der Waals surface area (Å²) in [6, 6.07) is 5.39. The molecule has 1 aliphatic rings. The topological polar surface area (TPSA) is 69.4 Å². The van der Waals surface area contributed by atoms with Crippen molar-refractivity contribution >= 4 is 11.7 Å². The van der Waals surface area contributed by atoms with Crippen LogP contribution in [0.4, 0.5) is 5.69 Å². The second-order valence-electron chi connectivity index (χ2n) is 6.03. The molecule has 1 aliphatic carbocycles. The van der Waals surface area contributed by atoms with Crippen LogP contribution in [0, 0.1) is 22.0 Å². The zero-order valence-corrected chi connectivity index (χ0v) is 13.4. The number of benzene rings is 1. The first-order valence-electron chi connectivity index (χ1n) is 7.74. The first-order valence-corrected chi connectivity index (χ1v) is 7.74. The Morgan fingerprint density at radius 1 is 1.39 bits per heavy atom. The Morgan fingerprint density at radius 3 is 2.65 bits per heavy atom. The minimum atomic E-state index is -0.502. The molecule has 0 amide bonds. The molecule has 122 valence electrons. The fourth-order valence-electron chi connectivity index (χ4n) is 2.54. The summed E-state index contributed by atoms with van der Waals surface area (Å²) in [5.41, 5.74) is 1.55. The van der Waals surface area contributed by atoms with Crippen molar-refractivity contribution in [3.63, 3.8) is 0 Å². The lowest BCUT2D eigenvalue weighted by Crippen LogP contribution is -2.05. The van der Waals surface area contributed by atoms with Crippen LogP contribution in [-0.4, -0.2) is 17.5 Å². The van der Waals surface area contributed by atoms with E-state index < -0.39 is 10.9 Å². The fourth-order valence-corrected chi connectivity index (χ4v) is 2.54. The molecule has 0 saturated heterocycles. The van der Waals surface area contributed by atoms with E-state index in [-0.39, 0.29) is 12.3 Å². The minimum Gasteiger partial charge on any atom is -0.458 e. The molecule has 1 atom stereocenters. The largest absolute Gasteiger partial charge is 0.458 e. The number of nitro benzene ring substituents is 1. The average Bonchev–Trinajstić information content (AvgIpc) is 3.00. The van der Waals surface area contributed by atoms with Crippen molar-refractivity contribution < 1.29 is 14.5 Å². The quantitative estimate of drug-likeness (QED) is 0.446. The third-order valence-electron chi connectivity index (χ3n) is 4.08. The maximum Gasteiger partial charge on any atom is 0.338 e. The van der Waals surface area contributed by atoms with Gasteiger partial charge in [-0.1, -0.05) is 31.6 Å². The molecule has 5 nitrogen and oxygen atoms in total. The van der Waals surface area contributed by atoms with Gasteiger partial charge in [-0.2, -0.15) is 0 Å². The van der Waals surface area contributed by atoms with Crippen LogP contribution in [0.25, 0.3) is 0 Å². The average molecular weight is 315 g/mol. The zero-order chi connectivity index (χ0) is 16.8. The SMILES string of the molecule is CC(C)C1CC=C(/C=C/COC(=O)c2ccc([N+](=O)[O-])cc2)C1. The Balaban J connectivity index is 1.79. The van der Waals surface area contributed by atoms with Crippen LogP contribution >= 0.6 is 0 Å². The summed E-state index contributed by atoms with van der Waals surface area (Å²) in [6.07, 6.45) is 8.26. The van der Waals surface area contributed by atoms with E-state index in [1.807, 2.05) is 12.2 Å². The third-order valence-corrected chi connectivity index (χ3v) is 4.08. The molecule has 0 aliphatic heterocycles. The van der Waals surface area contributed by atoms with Gasteiger partial charge in [0.2, 0.25) is 0 Å². The van der Waals surface area contributed by atoms with Crippen molar-refractivity contribution in [2.24, 2.45) is 11.8 Å². The van der Waals surface area contributed by atoms with Crippen LogP contribution in [0.2, 0.25) is 0 Å². The molecule has 1 aromatic carbocycles. The van der Waals surface area contributed by atoms with Crippen molar-refractivity contribution in [2.45, 2.75) is 26.7 Å². The summed E-state index contributed by atoms with van der Waals surface area (Å²) in [4.78, 5) is 21.9. The van der Waals surface area contributed by atoms with Crippen LogP contribution in [0.5, 0.6) is 0 Å². The third kappa shape index (κ3) is 4.77. The van der Waals surface area contributed by atoms with E-state index in [0.717, 1.165) is 12.8 Å². The Bertz CT molecular complexity index is 629. The Kier molecular flexibility index (Phi) is 5.68. The van der Waals surface area contributed by atoms with Gasteiger partial charge in [-0.05, 0) is 42.9 Å². The molecule has 0 heterocycles. The van der Waals surface area contributed by atoms with Gasteiger partial charge in [-0.25, -0.2) is 4.79 Å². The Morgan fingerprint density at radius 2 is 2.09 bits per heavy atom. The number of non-ortho nitro benzene ring substituents is 1. The first-order chi connectivity index (χ1) is 11.0. The van der Waals surface area contributed by atoms with E-state index in [2.05, 4.69) is 19.9 Å². The van der Waals surface area contributed by atoms with Gasteiger partial charge in [0.1, 0.15) is 6.61 Å². The molecule has 2 rings (SSSR count). The van der Waals surface area contributed by atoms with Crippen LogP contribution < -0.4 is 0 Å². The number of carbonyl (C=O) groups is 1. The zero-order valence-electron chi connectivity index (χ0n) is 13.4. The van der Waals surface area contributed by atoms with Gasteiger partial charge in [-0.15, -0.1) is 0 Å². The standard InChI is InChI=1S/C18H21NO4/c1-13(2)16-6-5-14(12-16)4-3-11-23-18(20)15-7-9-17(10-8-15)19(21)22/h3-5,7-10,13,16H,6,11-12H2,1-2H3/b4-3+. The predicted molar refractivity (Wildman–Crippen MR) is 88.2 cm³/mol. The monoisotopic (exact) mass is 315 g/mol. The molecule has 0 aromatic heterocycles. The number of nitro groups is 1. The van der Waals surface area contributed by atoms with E-state index in [4.69, 9.17) is 4.74 Å². The molecule has 0 spiro atoms. The summed E-state index contributed by atoms with van der Waals surface area (Å²) < 4.78 is 5.14. The van der Waals surface area contributed by atoms with Crippen molar-refractivity contribution in [1.82, 2.24) is 0 Å². The molecular formula is C18H21NO4. The fraction of sp³-hybridized carbons (Fsp3) is 0.389. The van der Waals surface area contributed by atoms with Gasteiger partial charge in [0, 0.05) is 12.1 Å². The smallest absolute Gasteiger partial charge is 0.338 e. The van der Waals surface area contributed by atoms with E-state index in [1.54, 1.807) is 0 Å². The van der Waals surface area contributed by atoms with Crippen molar-refractivity contribution in [2.75, 3.05) is 6.61 Å². The minimum absolute atomic E-state index is 0.0469. The van der Waals surface area contributed by atoms with Gasteiger partial charge in [0.15, 0.2) is 0 Å². The van der Waals surface area contributed by atoms with Crippen molar-refractivity contribution in [3.05, 3.63) is 63.7 Å². The molecule has 0 N–H and O–H groups in total. The summed E-state index contributed by atoms with van der Waals surface area (Å²) >= 11 is 0. The molecule has 5 heteroatoms. The number of nitrogens with zero attached hydrogens (tertiary/aromatic N) is 1. The number of esters is 1. The van der Waals surface area contributed by atoms with Gasteiger partial charge < -0.3 is 4.74 Å². The highest BCUT2D eigenvalue weighted by atomic mass is 16.6. The summed E-state index contributed by atoms with van der Waals surface area (Å²) in [5, 5.41) is 10.6. The number of hydrogen-bond donors (Lipinski definition) is 0. The first kappa shape index (κ1) is 16.9. The van der Waals surface area contributed by atoms with Crippen molar-refractivity contribution in [3.8, 4) is 0 Å². The molecule has 23 heavy (non-hydrogen) atoms. The lowest BCUT2D eigenvalue weighted by atomic mass is 9.93.